The lowest BCUT2D eigenvalue weighted by Crippen LogP contribution is -2.29. The van der Waals surface area contributed by atoms with E-state index in [1.165, 1.54) is 5.56 Å². The van der Waals surface area contributed by atoms with Crippen molar-refractivity contribution in [2.24, 2.45) is 5.92 Å². The first-order chi connectivity index (χ1) is 8.09. The highest BCUT2D eigenvalue weighted by molar-refractivity contribution is 9.10. The van der Waals surface area contributed by atoms with Crippen molar-refractivity contribution >= 4 is 27.5 Å². The quantitative estimate of drug-likeness (QED) is 0.752. The van der Waals surface area contributed by atoms with Gasteiger partial charge in [0.15, 0.2) is 0 Å². The maximum Gasteiger partial charge on any atom is 0.0551 e. The lowest BCUT2D eigenvalue weighted by molar-refractivity contribution is 0.535. The van der Waals surface area contributed by atoms with Crippen LogP contribution in [0.1, 0.15) is 19.4 Å². The van der Waals surface area contributed by atoms with Crippen LogP contribution in [0, 0.1) is 5.92 Å². The van der Waals surface area contributed by atoms with E-state index in [0.29, 0.717) is 5.92 Å². The zero-order chi connectivity index (χ0) is 12.7. The number of benzene rings is 1. The van der Waals surface area contributed by atoms with Crippen LogP contribution in [0.15, 0.2) is 22.7 Å². The van der Waals surface area contributed by atoms with Gasteiger partial charge in [-0.2, -0.15) is 0 Å². The molecule has 4 heteroatoms. The van der Waals surface area contributed by atoms with Gasteiger partial charge in [-0.15, -0.1) is 0 Å². The number of hydrogen-bond donors (Lipinski definition) is 2. The Bertz CT molecular complexity index is 342. The summed E-state index contributed by atoms with van der Waals surface area (Å²) in [5.74, 6) is 0.709. The molecule has 0 aliphatic carbocycles. The highest BCUT2D eigenvalue weighted by atomic mass is 79.9. The predicted octanol–water partition coefficient (Wildman–Crippen LogP) is 3.44. The third kappa shape index (κ3) is 6.41. The Hall–Kier alpha value is -0.0900. The Kier molecular flexibility index (Phi) is 7.12. The molecule has 2 nitrogen and oxygen atoms in total. The molecule has 0 aliphatic rings. The first-order valence-corrected chi connectivity index (χ1v) is 7.12. The Labute approximate surface area is 117 Å². The lowest BCUT2D eigenvalue weighted by atomic mass is 10.2. The fourth-order valence-electron chi connectivity index (χ4n) is 1.45. The largest absolute Gasteiger partial charge is 0.315 e. The van der Waals surface area contributed by atoms with Crippen molar-refractivity contribution in [1.29, 1.82) is 0 Å². The molecule has 0 spiro atoms. The summed E-state index contributed by atoms with van der Waals surface area (Å²) in [5, 5.41) is 7.55. The summed E-state index contributed by atoms with van der Waals surface area (Å²) in [5.41, 5.74) is 1.21. The summed E-state index contributed by atoms with van der Waals surface area (Å²) in [4.78, 5) is 0. The van der Waals surface area contributed by atoms with Gasteiger partial charge in [-0.05, 0) is 46.1 Å². The van der Waals surface area contributed by atoms with Crippen LogP contribution in [0.5, 0.6) is 0 Å². The van der Waals surface area contributed by atoms with Crippen LogP contribution in [0.2, 0.25) is 5.02 Å². The van der Waals surface area contributed by atoms with Crippen LogP contribution >= 0.6 is 27.5 Å². The molecule has 0 saturated heterocycles. The molecule has 1 aromatic rings. The van der Waals surface area contributed by atoms with E-state index in [9.17, 15) is 0 Å². The van der Waals surface area contributed by atoms with Crippen LogP contribution in [-0.4, -0.2) is 19.6 Å². The van der Waals surface area contributed by atoms with E-state index in [1.54, 1.807) is 0 Å². The molecule has 0 atom stereocenters. The summed E-state index contributed by atoms with van der Waals surface area (Å²) < 4.78 is 0.946. The van der Waals surface area contributed by atoms with Gasteiger partial charge in [0.25, 0.3) is 0 Å². The van der Waals surface area contributed by atoms with E-state index in [4.69, 9.17) is 11.6 Å². The molecule has 0 aromatic heterocycles. The summed E-state index contributed by atoms with van der Waals surface area (Å²) in [6, 6.07) is 6.04. The van der Waals surface area contributed by atoms with Crippen LogP contribution in [0.4, 0.5) is 0 Å². The molecule has 1 aromatic carbocycles. The fraction of sp³-hybridized carbons (Fsp3) is 0.538. The fourth-order valence-corrected chi connectivity index (χ4v) is 1.90. The number of rotatable bonds is 7. The Morgan fingerprint density at radius 1 is 1.24 bits per heavy atom. The molecule has 0 aliphatic heterocycles. The first kappa shape index (κ1) is 15.0. The second-order valence-corrected chi connectivity index (χ2v) is 5.78. The van der Waals surface area contributed by atoms with Gasteiger partial charge in [-0.3, -0.25) is 0 Å². The van der Waals surface area contributed by atoms with Crippen molar-refractivity contribution in [1.82, 2.24) is 10.6 Å². The molecular weight excluding hydrogens is 300 g/mol. The monoisotopic (exact) mass is 318 g/mol. The molecule has 0 radical (unpaired) electrons. The second-order valence-electron chi connectivity index (χ2n) is 4.52. The summed E-state index contributed by atoms with van der Waals surface area (Å²) in [7, 11) is 0. The van der Waals surface area contributed by atoms with Gasteiger partial charge in [-0.25, -0.2) is 0 Å². The number of halogens is 2. The van der Waals surface area contributed by atoms with Crippen LogP contribution in [0.25, 0.3) is 0 Å². The molecule has 0 amide bonds. The van der Waals surface area contributed by atoms with Crippen molar-refractivity contribution < 1.29 is 0 Å². The Balaban J connectivity index is 2.16. The van der Waals surface area contributed by atoms with E-state index >= 15 is 0 Å². The second kappa shape index (κ2) is 8.09. The summed E-state index contributed by atoms with van der Waals surface area (Å²) in [6.45, 7) is 8.33. The van der Waals surface area contributed by atoms with Gasteiger partial charge in [0, 0.05) is 24.1 Å². The lowest BCUT2D eigenvalue weighted by Gasteiger charge is -2.09. The van der Waals surface area contributed by atoms with E-state index in [0.717, 1.165) is 35.7 Å². The zero-order valence-corrected chi connectivity index (χ0v) is 12.7. The topological polar surface area (TPSA) is 24.1 Å². The van der Waals surface area contributed by atoms with Crippen LogP contribution in [-0.2, 0) is 6.54 Å². The van der Waals surface area contributed by atoms with Crippen LogP contribution < -0.4 is 10.6 Å². The minimum absolute atomic E-state index is 0.709. The van der Waals surface area contributed by atoms with E-state index < -0.39 is 0 Å². The molecular formula is C13H20BrClN2. The van der Waals surface area contributed by atoms with E-state index in [-0.39, 0.29) is 0 Å². The third-order valence-corrected chi connectivity index (χ3v) is 3.58. The van der Waals surface area contributed by atoms with Gasteiger partial charge in [0.1, 0.15) is 0 Å². The first-order valence-electron chi connectivity index (χ1n) is 5.95. The smallest absolute Gasteiger partial charge is 0.0551 e. The zero-order valence-electron chi connectivity index (χ0n) is 10.4. The Morgan fingerprint density at radius 2 is 1.94 bits per heavy atom. The minimum atomic E-state index is 0.709. The molecule has 0 saturated carbocycles. The molecule has 17 heavy (non-hydrogen) atoms. The van der Waals surface area contributed by atoms with Crippen molar-refractivity contribution in [3.63, 3.8) is 0 Å². The number of hydrogen-bond acceptors (Lipinski definition) is 2. The normalized spacial score (nSPS) is 11.1. The summed E-state index contributed by atoms with van der Waals surface area (Å²) in [6.07, 6.45) is 0. The number of nitrogens with one attached hydrogen (secondary N) is 2. The standard InChI is InChI=1S/C13H20BrClN2/c1-10(2)8-16-5-6-17-9-11-3-4-12(14)13(15)7-11/h3-4,7,10,16-17H,5-6,8-9H2,1-2H3. The van der Waals surface area contributed by atoms with Crippen molar-refractivity contribution in [2.75, 3.05) is 19.6 Å². The van der Waals surface area contributed by atoms with Gasteiger partial charge < -0.3 is 10.6 Å². The van der Waals surface area contributed by atoms with Crippen molar-refractivity contribution in [3.8, 4) is 0 Å². The average molecular weight is 320 g/mol. The predicted molar refractivity (Wildman–Crippen MR) is 78.6 cm³/mol. The average Bonchev–Trinajstić information content (AvgIpc) is 2.27. The molecule has 0 unspecified atom stereocenters. The molecule has 0 fully saturated rings. The summed E-state index contributed by atoms with van der Waals surface area (Å²) >= 11 is 9.41. The maximum absolute atomic E-state index is 6.02. The highest BCUT2D eigenvalue weighted by Crippen LogP contribution is 2.22. The highest BCUT2D eigenvalue weighted by Gasteiger charge is 1.98. The van der Waals surface area contributed by atoms with Gasteiger partial charge in [0.05, 0.1) is 5.02 Å². The molecule has 0 bridgehead atoms. The maximum atomic E-state index is 6.02. The SMILES string of the molecule is CC(C)CNCCNCc1ccc(Br)c(Cl)c1. The van der Waals surface area contributed by atoms with Gasteiger partial charge in [-0.1, -0.05) is 31.5 Å². The third-order valence-electron chi connectivity index (χ3n) is 2.34. The van der Waals surface area contributed by atoms with Gasteiger partial charge in [0.2, 0.25) is 0 Å². The van der Waals surface area contributed by atoms with Gasteiger partial charge >= 0.3 is 0 Å². The molecule has 2 N–H and O–H groups in total. The van der Waals surface area contributed by atoms with Crippen molar-refractivity contribution in [2.45, 2.75) is 20.4 Å². The van der Waals surface area contributed by atoms with Crippen molar-refractivity contribution in [3.05, 3.63) is 33.3 Å². The molecule has 1 rings (SSSR count). The molecule has 0 heterocycles. The van der Waals surface area contributed by atoms with Crippen LogP contribution in [0.3, 0.4) is 0 Å². The minimum Gasteiger partial charge on any atom is -0.315 e. The Morgan fingerprint density at radius 3 is 2.59 bits per heavy atom. The molecule has 96 valence electrons. The van der Waals surface area contributed by atoms with E-state index in [2.05, 4.69) is 46.5 Å². The van der Waals surface area contributed by atoms with E-state index in [1.807, 2.05) is 12.1 Å².